The van der Waals surface area contributed by atoms with E-state index < -0.39 is 0 Å². The van der Waals surface area contributed by atoms with Crippen molar-refractivity contribution in [2.45, 2.75) is 37.6 Å². The van der Waals surface area contributed by atoms with Gasteiger partial charge in [0.05, 0.1) is 0 Å². The van der Waals surface area contributed by atoms with Gasteiger partial charge in [-0.2, -0.15) is 11.8 Å². The zero-order valence-electron chi connectivity index (χ0n) is 11.4. The smallest absolute Gasteiger partial charge is 0.129 e. The zero-order chi connectivity index (χ0) is 13.2. The summed E-state index contributed by atoms with van der Waals surface area (Å²) >= 11 is 2.00. The fraction of sp³-hybridized carbons (Fsp3) is 0.600. The van der Waals surface area contributed by atoms with Crippen LogP contribution in [0.1, 0.15) is 25.3 Å². The topological polar surface area (TPSA) is 15.3 Å². The minimum absolute atomic E-state index is 0.0727. The molecule has 0 aromatic heterocycles. The summed E-state index contributed by atoms with van der Waals surface area (Å²) in [7, 11) is 0. The Morgan fingerprint density at radius 1 is 1.42 bits per heavy atom. The summed E-state index contributed by atoms with van der Waals surface area (Å²) in [4.78, 5) is 2.34. The van der Waals surface area contributed by atoms with Crippen LogP contribution in [0.2, 0.25) is 0 Å². The van der Waals surface area contributed by atoms with Gasteiger partial charge in [-0.3, -0.25) is 0 Å². The van der Waals surface area contributed by atoms with Crippen molar-refractivity contribution in [3.05, 3.63) is 29.6 Å². The van der Waals surface area contributed by atoms with Crippen LogP contribution in [0, 0.1) is 5.82 Å². The van der Waals surface area contributed by atoms with Gasteiger partial charge in [0.15, 0.2) is 0 Å². The third-order valence-corrected chi connectivity index (χ3v) is 4.96. The molecule has 19 heavy (non-hydrogen) atoms. The van der Waals surface area contributed by atoms with Gasteiger partial charge in [-0.1, -0.05) is 13.0 Å². The second-order valence-electron chi connectivity index (χ2n) is 5.52. The molecule has 1 saturated heterocycles. The van der Waals surface area contributed by atoms with Crippen molar-refractivity contribution < 1.29 is 4.39 Å². The molecule has 1 unspecified atom stereocenters. The Morgan fingerprint density at radius 2 is 2.26 bits per heavy atom. The maximum Gasteiger partial charge on any atom is 0.129 e. The molecule has 1 aliphatic heterocycles. The van der Waals surface area contributed by atoms with E-state index in [1.54, 1.807) is 6.07 Å². The molecule has 1 aliphatic carbocycles. The quantitative estimate of drug-likeness (QED) is 0.912. The number of hydrogen-bond donors (Lipinski definition) is 1. The molecule has 2 fully saturated rings. The Balaban J connectivity index is 1.79. The van der Waals surface area contributed by atoms with Gasteiger partial charge < -0.3 is 10.2 Å². The van der Waals surface area contributed by atoms with E-state index in [-0.39, 0.29) is 5.82 Å². The predicted octanol–water partition coefficient (Wildman–Crippen LogP) is 3.02. The van der Waals surface area contributed by atoms with Gasteiger partial charge in [0.25, 0.3) is 0 Å². The number of anilines is 1. The highest BCUT2D eigenvalue weighted by Gasteiger charge is 2.24. The number of hydrogen-bond acceptors (Lipinski definition) is 3. The fourth-order valence-electron chi connectivity index (χ4n) is 2.59. The second kappa shape index (κ2) is 5.71. The van der Waals surface area contributed by atoms with E-state index in [9.17, 15) is 4.39 Å². The molecule has 3 rings (SSSR count). The minimum Gasteiger partial charge on any atom is -0.369 e. The summed E-state index contributed by atoms with van der Waals surface area (Å²) in [6.45, 7) is 4.95. The summed E-state index contributed by atoms with van der Waals surface area (Å²) < 4.78 is 14.1. The number of nitrogens with one attached hydrogen (secondary N) is 1. The molecular formula is C15H21FN2S. The fourth-order valence-corrected chi connectivity index (χ4v) is 3.60. The number of benzene rings is 1. The van der Waals surface area contributed by atoms with E-state index >= 15 is 0 Å². The number of rotatable bonds is 4. The number of nitrogens with zero attached hydrogens (tertiary/aromatic N) is 1. The predicted molar refractivity (Wildman–Crippen MR) is 80.4 cm³/mol. The lowest BCUT2D eigenvalue weighted by Gasteiger charge is -2.34. The largest absolute Gasteiger partial charge is 0.369 e. The Morgan fingerprint density at radius 3 is 3.00 bits per heavy atom. The minimum atomic E-state index is -0.0727. The molecule has 1 aromatic carbocycles. The average Bonchev–Trinajstić information content (AvgIpc) is 3.21. The van der Waals surface area contributed by atoms with Crippen molar-refractivity contribution in [3.8, 4) is 0 Å². The van der Waals surface area contributed by atoms with Gasteiger partial charge in [0, 0.05) is 47.9 Å². The van der Waals surface area contributed by atoms with E-state index in [1.165, 1.54) is 12.8 Å². The number of halogens is 1. The Bertz CT molecular complexity index is 448. The van der Waals surface area contributed by atoms with Crippen LogP contribution in [0.4, 0.5) is 10.1 Å². The lowest BCUT2D eigenvalue weighted by molar-refractivity contribution is 0.584. The van der Waals surface area contributed by atoms with E-state index in [2.05, 4.69) is 23.2 Å². The Kier molecular flexibility index (Phi) is 3.99. The highest BCUT2D eigenvalue weighted by molar-refractivity contribution is 8.00. The molecule has 1 aromatic rings. The maximum atomic E-state index is 14.1. The molecule has 0 radical (unpaired) electrons. The summed E-state index contributed by atoms with van der Waals surface area (Å²) in [6, 6.07) is 6.09. The first-order chi connectivity index (χ1) is 9.24. The average molecular weight is 280 g/mol. The molecule has 1 saturated carbocycles. The highest BCUT2D eigenvalue weighted by Crippen LogP contribution is 2.29. The summed E-state index contributed by atoms with van der Waals surface area (Å²) in [5.41, 5.74) is 1.92. The van der Waals surface area contributed by atoms with Crippen molar-refractivity contribution in [2.75, 3.05) is 23.7 Å². The molecule has 0 spiro atoms. The Hall–Kier alpha value is -0.740. The molecule has 104 valence electrons. The van der Waals surface area contributed by atoms with Gasteiger partial charge in [0.1, 0.15) is 5.82 Å². The second-order valence-corrected chi connectivity index (χ2v) is 7.07. The van der Waals surface area contributed by atoms with E-state index in [0.29, 0.717) is 17.8 Å². The SMILES string of the molecule is CC1CN(c2cccc(F)c2CNC2CC2)CCS1. The molecule has 1 heterocycles. The maximum absolute atomic E-state index is 14.1. The van der Waals surface area contributed by atoms with E-state index in [4.69, 9.17) is 0 Å². The van der Waals surface area contributed by atoms with Crippen molar-refractivity contribution in [1.29, 1.82) is 0 Å². The van der Waals surface area contributed by atoms with Crippen LogP contribution >= 0.6 is 11.8 Å². The standard InChI is InChI=1S/C15H21FN2S/c1-11-10-18(7-8-19-11)15-4-2-3-14(16)13(15)9-17-12-5-6-12/h2-4,11-12,17H,5-10H2,1H3. The monoisotopic (exact) mass is 280 g/mol. The van der Waals surface area contributed by atoms with Gasteiger partial charge in [-0.25, -0.2) is 4.39 Å². The first-order valence-electron chi connectivity index (χ1n) is 7.11. The van der Waals surface area contributed by atoms with Crippen LogP contribution in [0.25, 0.3) is 0 Å². The normalized spacial score (nSPS) is 23.7. The van der Waals surface area contributed by atoms with Gasteiger partial charge in [0.2, 0.25) is 0 Å². The molecule has 0 bridgehead atoms. The lowest BCUT2D eigenvalue weighted by Crippen LogP contribution is -2.37. The molecule has 0 amide bonds. The molecule has 2 nitrogen and oxygen atoms in total. The third-order valence-electron chi connectivity index (χ3n) is 3.82. The summed E-state index contributed by atoms with van der Waals surface area (Å²) in [5.74, 6) is 1.06. The summed E-state index contributed by atoms with van der Waals surface area (Å²) in [6.07, 6.45) is 2.47. The first-order valence-corrected chi connectivity index (χ1v) is 8.16. The van der Waals surface area contributed by atoms with Crippen molar-refractivity contribution >= 4 is 17.4 Å². The lowest BCUT2D eigenvalue weighted by atomic mass is 10.1. The highest BCUT2D eigenvalue weighted by atomic mass is 32.2. The molecule has 4 heteroatoms. The van der Waals surface area contributed by atoms with Gasteiger partial charge in [-0.15, -0.1) is 0 Å². The van der Waals surface area contributed by atoms with Crippen LogP contribution in [0.15, 0.2) is 18.2 Å². The van der Waals surface area contributed by atoms with Crippen molar-refractivity contribution in [1.82, 2.24) is 5.32 Å². The molecule has 1 N–H and O–H groups in total. The zero-order valence-corrected chi connectivity index (χ0v) is 12.2. The van der Waals surface area contributed by atoms with Crippen molar-refractivity contribution in [3.63, 3.8) is 0 Å². The molecular weight excluding hydrogens is 259 g/mol. The van der Waals surface area contributed by atoms with E-state index in [1.807, 2.05) is 17.8 Å². The third kappa shape index (κ3) is 3.23. The molecule has 2 aliphatic rings. The van der Waals surface area contributed by atoms with Crippen LogP contribution in [-0.2, 0) is 6.54 Å². The van der Waals surface area contributed by atoms with Gasteiger partial charge >= 0.3 is 0 Å². The first kappa shape index (κ1) is 13.3. The van der Waals surface area contributed by atoms with Crippen LogP contribution in [0.3, 0.4) is 0 Å². The van der Waals surface area contributed by atoms with Gasteiger partial charge in [-0.05, 0) is 25.0 Å². The van der Waals surface area contributed by atoms with Crippen LogP contribution < -0.4 is 10.2 Å². The van der Waals surface area contributed by atoms with E-state index in [0.717, 1.165) is 30.1 Å². The molecule has 1 atom stereocenters. The number of thioether (sulfide) groups is 1. The van der Waals surface area contributed by atoms with Crippen LogP contribution in [0.5, 0.6) is 0 Å². The van der Waals surface area contributed by atoms with Crippen LogP contribution in [-0.4, -0.2) is 30.1 Å². The van der Waals surface area contributed by atoms with Crippen molar-refractivity contribution in [2.24, 2.45) is 0 Å². The Labute approximate surface area is 118 Å². The summed E-state index contributed by atoms with van der Waals surface area (Å²) in [5, 5.41) is 4.06.